The monoisotopic (exact) mass is 216 g/mol. The average molecular weight is 216 g/mol. The fourth-order valence-corrected chi connectivity index (χ4v) is 0.478. The Hall–Kier alpha value is -1.69. The molecule has 0 radical (unpaired) electrons. The van der Waals surface area contributed by atoms with Crippen LogP contribution in [0.15, 0.2) is 12.2 Å². The van der Waals surface area contributed by atoms with Crippen LogP contribution in [0.5, 0.6) is 0 Å². The summed E-state index contributed by atoms with van der Waals surface area (Å²) in [4.78, 5) is 40.7. The number of carbonyl (C=O) groups is 3. The van der Waals surface area contributed by atoms with Gasteiger partial charge in [0.05, 0.1) is 6.61 Å². The van der Waals surface area contributed by atoms with Crippen LogP contribution in [0.2, 0.25) is 0 Å². The first-order valence-electron chi connectivity index (χ1n) is 4.18. The van der Waals surface area contributed by atoms with E-state index in [4.69, 9.17) is 0 Å². The van der Waals surface area contributed by atoms with Crippen LogP contribution in [0.3, 0.4) is 0 Å². The molecule has 0 amide bonds. The van der Waals surface area contributed by atoms with Crippen LogP contribution >= 0.6 is 0 Å². The van der Waals surface area contributed by atoms with Gasteiger partial charge in [-0.2, -0.15) is 4.89 Å². The predicted octanol–water partition coefficient (Wildman–Crippen LogP) is 0.169. The molecule has 0 aliphatic rings. The Morgan fingerprint density at radius 3 is 2.27 bits per heavy atom. The number of hydrogen-bond acceptors (Lipinski definition) is 6. The minimum absolute atomic E-state index is 0.0934. The summed E-state index contributed by atoms with van der Waals surface area (Å²) < 4.78 is 4.38. The zero-order chi connectivity index (χ0) is 11.8. The van der Waals surface area contributed by atoms with E-state index in [1.807, 2.05) is 0 Å². The fourth-order valence-electron chi connectivity index (χ4n) is 0.478. The maximum absolute atomic E-state index is 10.9. The van der Waals surface area contributed by atoms with Crippen molar-refractivity contribution < 1.29 is 28.9 Å². The summed E-state index contributed by atoms with van der Waals surface area (Å²) in [5.41, 5.74) is 0.124. The third-order valence-corrected chi connectivity index (χ3v) is 1.18. The Kier molecular flexibility index (Phi) is 5.96. The molecule has 0 bridgehead atoms. The maximum atomic E-state index is 10.9. The van der Waals surface area contributed by atoms with Gasteiger partial charge in [-0.15, -0.1) is 0 Å². The van der Waals surface area contributed by atoms with E-state index in [0.29, 0.717) is 0 Å². The largest absolute Gasteiger partial charge is 0.460 e. The highest BCUT2D eigenvalue weighted by Gasteiger charge is 2.16. The average Bonchev–Trinajstić information content (AvgIpc) is 2.17. The lowest BCUT2D eigenvalue weighted by atomic mass is 10.4. The third-order valence-electron chi connectivity index (χ3n) is 1.18. The van der Waals surface area contributed by atoms with Crippen molar-refractivity contribution in [3.63, 3.8) is 0 Å². The zero-order valence-corrected chi connectivity index (χ0v) is 8.57. The normalized spacial score (nSPS) is 9.20. The second kappa shape index (κ2) is 6.72. The maximum Gasteiger partial charge on any atom is 0.377 e. The first kappa shape index (κ1) is 13.3. The highest BCUT2D eigenvalue weighted by atomic mass is 17.2. The molecule has 0 N–H and O–H groups in total. The first-order chi connectivity index (χ1) is 6.99. The van der Waals surface area contributed by atoms with E-state index in [2.05, 4.69) is 21.1 Å². The number of carbonyl (C=O) groups excluding carboxylic acids is 3. The van der Waals surface area contributed by atoms with Crippen LogP contribution in [-0.4, -0.2) is 30.9 Å². The zero-order valence-electron chi connectivity index (χ0n) is 8.57. The van der Waals surface area contributed by atoms with Crippen LogP contribution in [0, 0.1) is 0 Å². The molecule has 0 rings (SSSR count). The highest BCUT2D eigenvalue weighted by Crippen LogP contribution is 1.93. The molecule has 0 aromatic rings. The minimum Gasteiger partial charge on any atom is -0.460 e. The molecule has 0 aromatic carbocycles. The second-order valence-corrected chi connectivity index (χ2v) is 2.56. The molecule has 0 unspecified atom stereocenters. The van der Waals surface area contributed by atoms with Gasteiger partial charge in [-0.25, -0.2) is 9.59 Å². The molecule has 0 aromatic heterocycles. The molecule has 84 valence electrons. The second-order valence-electron chi connectivity index (χ2n) is 2.56. The molecule has 0 saturated carbocycles. The van der Waals surface area contributed by atoms with Gasteiger partial charge in [0.15, 0.2) is 6.61 Å². The van der Waals surface area contributed by atoms with E-state index in [9.17, 15) is 14.4 Å². The molecule has 0 aliphatic heterocycles. The van der Waals surface area contributed by atoms with E-state index in [1.54, 1.807) is 6.92 Å². The first-order valence-corrected chi connectivity index (χ1v) is 4.18. The van der Waals surface area contributed by atoms with Crippen molar-refractivity contribution in [2.45, 2.75) is 13.8 Å². The van der Waals surface area contributed by atoms with Gasteiger partial charge in [-0.05, 0) is 13.8 Å². The Labute approximate surface area is 86.7 Å². The third kappa shape index (κ3) is 5.58. The highest BCUT2D eigenvalue weighted by molar-refractivity contribution is 6.34. The van der Waals surface area contributed by atoms with Gasteiger partial charge in [0.25, 0.3) is 5.78 Å². The summed E-state index contributed by atoms with van der Waals surface area (Å²) in [5, 5.41) is 0. The van der Waals surface area contributed by atoms with E-state index in [1.165, 1.54) is 6.92 Å². The van der Waals surface area contributed by atoms with Crippen LogP contribution in [0.1, 0.15) is 13.8 Å². The molecule has 0 saturated heterocycles. The van der Waals surface area contributed by atoms with Crippen molar-refractivity contribution in [2.24, 2.45) is 0 Å². The van der Waals surface area contributed by atoms with Crippen LogP contribution < -0.4 is 0 Å². The van der Waals surface area contributed by atoms with Crippen molar-refractivity contribution in [1.82, 2.24) is 0 Å². The molecule has 0 fully saturated rings. The number of Topliss-reactive ketones (excluding diaryl/α,β-unsaturated/α-hetero) is 1. The number of ether oxygens (including phenoxy) is 1. The lowest BCUT2D eigenvalue weighted by Crippen LogP contribution is -2.23. The topological polar surface area (TPSA) is 78.9 Å². The number of rotatable bonds is 6. The quantitative estimate of drug-likeness (QED) is 0.207. The van der Waals surface area contributed by atoms with Crippen molar-refractivity contribution >= 4 is 17.7 Å². The van der Waals surface area contributed by atoms with Crippen LogP contribution in [0.25, 0.3) is 0 Å². The van der Waals surface area contributed by atoms with E-state index in [0.717, 1.165) is 0 Å². The van der Waals surface area contributed by atoms with Gasteiger partial charge in [0, 0.05) is 5.57 Å². The molecule has 6 heteroatoms. The Morgan fingerprint density at radius 1 is 1.20 bits per heavy atom. The summed E-state index contributed by atoms with van der Waals surface area (Å²) >= 11 is 0. The predicted molar refractivity (Wildman–Crippen MR) is 48.5 cm³/mol. The lowest BCUT2D eigenvalue weighted by molar-refractivity contribution is -0.264. The van der Waals surface area contributed by atoms with E-state index >= 15 is 0 Å². The summed E-state index contributed by atoms with van der Waals surface area (Å²) in [7, 11) is 0. The Bertz CT molecular complexity index is 280. The summed E-state index contributed by atoms with van der Waals surface area (Å²) in [6.45, 7) is 5.69. The van der Waals surface area contributed by atoms with Gasteiger partial charge < -0.3 is 4.74 Å². The molecule has 15 heavy (non-hydrogen) atoms. The van der Waals surface area contributed by atoms with Gasteiger partial charge in [0.1, 0.15) is 0 Å². The smallest absolute Gasteiger partial charge is 0.377 e. The van der Waals surface area contributed by atoms with Crippen LogP contribution in [0.4, 0.5) is 0 Å². The van der Waals surface area contributed by atoms with E-state index < -0.39 is 24.3 Å². The Balaban J connectivity index is 3.77. The van der Waals surface area contributed by atoms with Crippen molar-refractivity contribution in [2.75, 3.05) is 13.2 Å². The molecule has 0 atom stereocenters. The summed E-state index contributed by atoms with van der Waals surface area (Å²) in [6, 6.07) is 0. The Morgan fingerprint density at radius 2 is 1.80 bits per heavy atom. The molecule has 0 aliphatic carbocycles. The van der Waals surface area contributed by atoms with Gasteiger partial charge in [-0.3, -0.25) is 9.68 Å². The molecular formula is C9H12O6. The van der Waals surface area contributed by atoms with Gasteiger partial charge in [0.2, 0.25) is 0 Å². The molecule has 0 heterocycles. The van der Waals surface area contributed by atoms with Crippen LogP contribution in [-0.2, 0) is 28.9 Å². The molecule has 0 spiro atoms. The molecule has 6 nitrogen and oxygen atoms in total. The lowest BCUT2D eigenvalue weighted by Gasteiger charge is -2.02. The minimum atomic E-state index is -1.02. The standard InChI is InChI=1S/C9H12O6/c1-4-13-9(12)7(10)5-14-15-8(11)6(2)3/h2,4-5H2,1,3H3. The summed E-state index contributed by atoms with van der Waals surface area (Å²) in [5.74, 6) is -2.75. The number of ketones is 1. The van der Waals surface area contributed by atoms with Gasteiger partial charge in [-0.1, -0.05) is 6.58 Å². The fraction of sp³-hybridized carbons (Fsp3) is 0.444. The summed E-state index contributed by atoms with van der Waals surface area (Å²) in [6.07, 6.45) is 0. The van der Waals surface area contributed by atoms with E-state index in [-0.39, 0.29) is 12.2 Å². The van der Waals surface area contributed by atoms with Crippen molar-refractivity contribution in [1.29, 1.82) is 0 Å². The molecular weight excluding hydrogens is 204 g/mol. The van der Waals surface area contributed by atoms with Gasteiger partial charge >= 0.3 is 11.9 Å². The van der Waals surface area contributed by atoms with Crippen molar-refractivity contribution in [3.8, 4) is 0 Å². The SMILES string of the molecule is C=C(C)C(=O)OOCC(=O)C(=O)OCC. The number of esters is 1. The van der Waals surface area contributed by atoms with Crippen molar-refractivity contribution in [3.05, 3.63) is 12.2 Å². The number of hydrogen-bond donors (Lipinski definition) is 0.